The molecule has 1 aromatic heterocycles. The summed E-state index contributed by atoms with van der Waals surface area (Å²) in [5.41, 5.74) is 2.60. The van der Waals surface area contributed by atoms with Crippen LogP contribution in [0, 0.1) is 6.92 Å². The van der Waals surface area contributed by atoms with E-state index in [0.717, 1.165) is 17.2 Å². The van der Waals surface area contributed by atoms with Gasteiger partial charge in [-0.15, -0.1) is 0 Å². The Balaban J connectivity index is 2.15. The Morgan fingerprint density at radius 2 is 2.05 bits per heavy atom. The van der Waals surface area contributed by atoms with Gasteiger partial charge in [-0.3, -0.25) is 9.78 Å². The molecule has 0 saturated heterocycles. The zero-order valence-electron chi connectivity index (χ0n) is 11.4. The fourth-order valence-corrected chi connectivity index (χ4v) is 1.78. The van der Waals surface area contributed by atoms with Crippen molar-refractivity contribution in [3.63, 3.8) is 0 Å². The first kappa shape index (κ1) is 14.5. The molecule has 0 saturated carbocycles. The highest BCUT2D eigenvalue weighted by atomic mass is 16.4. The number of carboxylic acid groups (broad SMARTS) is 1. The van der Waals surface area contributed by atoms with Gasteiger partial charge in [-0.25, -0.2) is 4.79 Å². The third-order valence-corrected chi connectivity index (χ3v) is 2.81. The average Bonchev–Trinajstić information content (AvgIpc) is 2.48. The highest BCUT2D eigenvalue weighted by molar-refractivity contribution is 6.03. The fourth-order valence-electron chi connectivity index (χ4n) is 1.78. The number of nitrogens with zero attached hydrogens (tertiary/aromatic N) is 1. The summed E-state index contributed by atoms with van der Waals surface area (Å²) < 4.78 is 0. The molecule has 0 aliphatic carbocycles. The van der Waals surface area contributed by atoms with Crippen molar-refractivity contribution in [2.45, 2.75) is 6.92 Å². The minimum absolute atomic E-state index is 0.285. The summed E-state index contributed by atoms with van der Waals surface area (Å²) >= 11 is 0. The van der Waals surface area contributed by atoms with Crippen LogP contribution in [0.3, 0.4) is 0 Å². The number of nitrogens with one attached hydrogen (secondary N) is 1. The number of pyridine rings is 1. The Morgan fingerprint density at radius 3 is 2.67 bits per heavy atom. The van der Waals surface area contributed by atoms with Gasteiger partial charge in [0.2, 0.25) is 0 Å². The average molecular weight is 282 g/mol. The van der Waals surface area contributed by atoms with Crippen LogP contribution >= 0.6 is 0 Å². The molecule has 0 aliphatic heterocycles. The van der Waals surface area contributed by atoms with Crippen LogP contribution < -0.4 is 5.32 Å². The maximum Gasteiger partial charge on any atom is 0.328 e. The number of aliphatic carboxylic acids is 1. The highest BCUT2D eigenvalue weighted by Crippen LogP contribution is 2.18. The van der Waals surface area contributed by atoms with Crippen molar-refractivity contribution in [1.29, 1.82) is 0 Å². The second-order valence-electron chi connectivity index (χ2n) is 4.42. The first-order chi connectivity index (χ1) is 10.1. The summed E-state index contributed by atoms with van der Waals surface area (Å²) in [6.07, 6.45) is 4.13. The van der Waals surface area contributed by atoms with E-state index in [-0.39, 0.29) is 5.91 Å². The largest absolute Gasteiger partial charge is 0.478 e. The van der Waals surface area contributed by atoms with E-state index in [4.69, 9.17) is 5.11 Å². The summed E-state index contributed by atoms with van der Waals surface area (Å²) in [7, 11) is 0. The van der Waals surface area contributed by atoms with Gasteiger partial charge < -0.3 is 10.4 Å². The first-order valence-electron chi connectivity index (χ1n) is 6.30. The number of aromatic nitrogens is 1. The van der Waals surface area contributed by atoms with Gasteiger partial charge in [-0.2, -0.15) is 0 Å². The lowest BCUT2D eigenvalue weighted by atomic mass is 10.1. The molecule has 2 aromatic rings. The van der Waals surface area contributed by atoms with E-state index in [0.29, 0.717) is 11.4 Å². The van der Waals surface area contributed by atoms with Crippen LogP contribution in [0.2, 0.25) is 0 Å². The van der Waals surface area contributed by atoms with Gasteiger partial charge in [-0.05, 0) is 48.4 Å². The maximum absolute atomic E-state index is 12.0. The summed E-state index contributed by atoms with van der Waals surface area (Å²) in [5, 5.41) is 11.4. The number of hydrogen-bond acceptors (Lipinski definition) is 3. The molecule has 2 N–H and O–H groups in total. The van der Waals surface area contributed by atoms with E-state index in [1.54, 1.807) is 42.6 Å². The third kappa shape index (κ3) is 4.01. The number of benzene rings is 1. The number of rotatable bonds is 4. The molecule has 0 atom stereocenters. The topological polar surface area (TPSA) is 79.3 Å². The number of carboxylic acids is 1. The molecule has 106 valence electrons. The Hall–Kier alpha value is -2.95. The second kappa shape index (κ2) is 6.47. The molecule has 0 aliphatic rings. The maximum atomic E-state index is 12.0. The number of carbonyl (C=O) groups is 2. The number of hydrogen-bond donors (Lipinski definition) is 2. The quantitative estimate of drug-likeness (QED) is 0.845. The monoisotopic (exact) mass is 282 g/mol. The lowest BCUT2D eigenvalue weighted by Gasteiger charge is -2.08. The molecule has 5 nitrogen and oxygen atoms in total. The van der Waals surface area contributed by atoms with E-state index < -0.39 is 5.97 Å². The minimum atomic E-state index is -1.000. The SMILES string of the molecule is Cc1cc(C=CC(=O)O)ccc1NC(=O)c1ccccn1. The van der Waals surface area contributed by atoms with Crippen molar-refractivity contribution in [3.05, 3.63) is 65.5 Å². The summed E-state index contributed by atoms with van der Waals surface area (Å²) in [5.74, 6) is -1.28. The Labute approximate surface area is 122 Å². The zero-order chi connectivity index (χ0) is 15.2. The first-order valence-corrected chi connectivity index (χ1v) is 6.30. The van der Waals surface area contributed by atoms with Gasteiger partial charge in [0.25, 0.3) is 5.91 Å². The van der Waals surface area contributed by atoms with Crippen LogP contribution in [-0.4, -0.2) is 22.0 Å². The predicted molar refractivity (Wildman–Crippen MR) is 80.0 cm³/mol. The Bertz CT molecular complexity index is 694. The molecule has 0 spiro atoms. The van der Waals surface area contributed by atoms with Gasteiger partial charge in [0, 0.05) is 18.0 Å². The van der Waals surface area contributed by atoms with Gasteiger partial charge in [0.1, 0.15) is 5.69 Å². The van der Waals surface area contributed by atoms with Crippen LogP contribution in [0.4, 0.5) is 5.69 Å². The minimum Gasteiger partial charge on any atom is -0.478 e. The molecule has 2 rings (SSSR count). The van der Waals surface area contributed by atoms with Crippen molar-refractivity contribution in [1.82, 2.24) is 4.98 Å². The van der Waals surface area contributed by atoms with E-state index in [1.165, 1.54) is 6.08 Å². The molecule has 0 unspecified atom stereocenters. The molecule has 5 heteroatoms. The standard InChI is InChI=1S/C16H14N2O3/c1-11-10-12(6-8-15(19)20)5-7-13(11)18-16(21)14-4-2-3-9-17-14/h2-10H,1H3,(H,18,21)(H,19,20). The summed E-state index contributed by atoms with van der Waals surface area (Å²) in [6.45, 7) is 1.84. The molecule has 1 aromatic carbocycles. The second-order valence-corrected chi connectivity index (χ2v) is 4.42. The molecule has 0 fully saturated rings. The van der Waals surface area contributed by atoms with Crippen LogP contribution in [-0.2, 0) is 4.79 Å². The number of carbonyl (C=O) groups excluding carboxylic acids is 1. The number of aryl methyl sites for hydroxylation is 1. The lowest BCUT2D eigenvalue weighted by Crippen LogP contribution is -2.14. The molecular formula is C16H14N2O3. The molecular weight excluding hydrogens is 268 g/mol. The summed E-state index contributed by atoms with van der Waals surface area (Å²) in [6, 6.07) is 10.4. The van der Waals surface area contributed by atoms with Gasteiger partial charge in [-0.1, -0.05) is 12.1 Å². The molecule has 1 heterocycles. The van der Waals surface area contributed by atoms with Gasteiger partial charge >= 0.3 is 5.97 Å². The van der Waals surface area contributed by atoms with E-state index in [2.05, 4.69) is 10.3 Å². The van der Waals surface area contributed by atoms with Crippen LogP contribution in [0.25, 0.3) is 6.08 Å². The fraction of sp³-hybridized carbons (Fsp3) is 0.0625. The van der Waals surface area contributed by atoms with Gasteiger partial charge in [0.05, 0.1) is 0 Å². The zero-order valence-corrected chi connectivity index (χ0v) is 11.4. The molecule has 1 amide bonds. The normalized spacial score (nSPS) is 10.5. The number of amides is 1. The van der Waals surface area contributed by atoms with E-state index in [9.17, 15) is 9.59 Å². The van der Waals surface area contributed by atoms with Crippen molar-refractivity contribution < 1.29 is 14.7 Å². The molecule has 0 radical (unpaired) electrons. The van der Waals surface area contributed by atoms with Crippen LogP contribution in [0.5, 0.6) is 0 Å². The van der Waals surface area contributed by atoms with Crippen molar-refractivity contribution in [3.8, 4) is 0 Å². The lowest BCUT2D eigenvalue weighted by molar-refractivity contribution is -0.131. The van der Waals surface area contributed by atoms with Gasteiger partial charge in [0.15, 0.2) is 0 Å². The van der Waals surface area contributed by atoms with E-state index >= 15 is 0 Å². The van der Waals surface area contributed by atoms with Crippen LogP contribution in [0.1, 0.15) is 21.6 Å². The molecule has 21 heavy (non-hydrogen) atoms. The molecule has 0 bridgehead atoms. The van der Waals surface area contributed by atoms with Crippen molar-refractivity contribution in [2.75, 3.05) is 5.32 Å². The van der Waals surface area contributed by atoms with E-state index in [1.807, 2.05) is 6.92 Å². The number of anilines is 1. The Kier molecular flexibility index (Phi) is 4.46. The Morgan fingerprint density at radius 1 is 1.24 bits per heavy atom. The van der Waals surface area contributed by atoms with Crippen LogP contribution in [0.15, 0.2) is 48.7 Å². The summed E-state index contributed by atoms with van der Waals surface area (Å²) in [4.78, 5) is 26.5. The predicted octanol–water partition coefficient (Wildman–Crippen LogP) is 2.74. The highest BCUT2D eigenvalue weighted by Gasteiger charge is 2.08. The smallest absolute Gasteiger partial charge is 0.328 e. The third-order valence-electron chi connectivity index (χ3n) is 2.81. The van der Waals surface area contributed by atoms with Crippen molar-refractivity contribution in [2.24, 2.45) is 0 Å². The van der Waals surface area contributed by atoms with Crippen molar-refractivity contribution >= 4 is 23.6 Å².